The van der Waals surface area contributed by atoms with Crippen molar-refractivity contribution in [3.05, 3.63) is 0 Å². The van der Waals surface area contributed by atoms with E-state index in [1.54, 1.807) is 0 Å². The van der Waals surface area contributed by atoms with Crippen LogP contribution >= 0.6 is 0 Å². The second-order valence-corrected chi connectivity index (χ2v) is 4.63. The van der Waals surface area contributed by atoms with Crippen LogP contribution in [0.25, 0.3) is 0 Å². The largest absolute Gasteiger partial charge is 0.350 e. The Morgan fingerprint density at radius 3 is 3.08 bits per heavy atom. The predicted octanol–water partition coefficient (Wildman–Crippen LogP) is 0.505. The second-order valence-electron chi connectivity index (χ2n) is 4.63. The van der Waals surface area contributed by atoms with Crippen LogP contribution in [-0.4, -0.2) is 43.1 Å². The Bertz CT molecular complexity index is 217. The number of quaternary nitrogens is 1. The molecule has 0 aromatic carbocycles. The summed E-state index contributed by atoms with van der Waals surface area (Å²) in [5.41, 5.74) is 0. The number of nitrogens with zero attached hydrogens (tertiary/aromatic N) is 1. The third-order valence-electron chi connectivity index (χ3n) is 3.70. The molecule has 0 spiro atoms. The maximum atomic E-state index is 11.4. The molecule has 0 unspecified atom stereocenters. The summed E-state index contributed by atoms with van der Waals surface area (Å²) in [5, 5.41) is 2.97. The van der Waals surface area contributed by atoms with E-state index in [-0.39, 0.29) is 5.91 Å². The van der Waals surface area contributed by atoms with Crippen LogP contribution in [0.1, 0.15) is 25.7 Å². The van der Waals surface area contributed by atoms with Gasteiger partial charge >= 0.3 is 0 Å². The van der Waals surface area contributed by atoms with Crippen LogP contribution in [0.3, 0.4) is 0 Å². The third kappa shape index (κ3) is 1.70. The van der Waals surface area contributed by atoms with E-state index in [4.69, 9.17) is 0 Å². The van der Waals surface area contributed by atoms with E-state index in [0.29, 0.717) is 6.04 Å². The summed E-state index contributed by atoms with van der Waals surface area (Å²) < 4.78 is 1.12. The SMILES string of the molecule is C[N@@+]12CCCC[C@H]1CC(=O)NCC2. The Labute approximate surface area is 79.7 Å². The molecule has 2 rings (SSSR count). The van der Waals surface area contributed by atoms with Gasteiger partial charge in [-0.05, 0) is 12.8 Å². The number of hydrogen-bond donors (Lipinski definition) is 1. The lowest BCUT2D eigenvalue weighted by Gasteiger charge is -2.43. The van der Waals surface area contributed by atoms with E-state index in [1.165, 1.54) is 25.8 Å². The van der Waals surface area contributed by atoms with Gasteiger partial charge in [-0.2, -0.15) is 0 Å². The first kappa shape index (κ1) is 9.00. The topological polar surface area (TPSA) is 29.1 Å². The minimum atomic E-state index is 0.258. The first-order valence-electron chi connectivity index (χ1n) is 5.32. The fourth-order valence-electron chi connectivity index (χ4n) is 2.70. The van der Waals surface area contributed by atoms with Crippen molar-refractivity contribution in [3.8, 4) is 0 Å². The third-order valence-corrected chi connectivity index (χ3v) is 3.70. The average molecular weight is 183 g/mol. The molecule has 3 heteroatoms. The molecule has 0 aliphatic carbocycles. The highest BCUT2D eigenvalue weighted by molar-refractivity contribution is 5.76. The van der Waals surface area contributed by atoms with Crippen LogP contribution < -0.4 is 5.32 Å². The Morgan fingerprint density at radius 1 is 1.38 bits per heavy atom. The van der Waals surface area contributed by atoms with Crippen molar-refractivity contribution < 1.29 is 9.28 Å². The van der Waals surface area contributed by atoms with Gasteiger partial charge in [0.2, 0.25) is 5.91 Å². The first-order chi connectivity index (χ1) is 6.21. The van der Waals surface area contributed by atoms with Gasteiger partial charge in [0.1, 0.15) is 0 Å². The molecule has 2 aliphatic heterocycles. The molecule has 2 saturated heterocycles. The summed E-state index contributed by atoms with van der Waals surface area (Å²) in [6.07, 6.45) is 4.63. The summed E-state index contributed by atoms with van der Waals surface area (Å²) in [6.45, 7) is 3.25. The lowest BCUT2D eigenvalue weighted by atomic mass is 9.97. The summed E-state index contributed by atoms with van der Waals surface area (Å²) >= 11 is 0. The molecule has 2 heterocycles. The molecule has 0 radical (unpaired) electrons. The van der Waals surface area contributed by atoms with Crippen LogP contribution in [0.15, 0.2) is 0 Å². The van der Waals surface area contributed by atoms with Gasteiger partial charge < -0.3 is 9.80 Å². The zero-order chi connectivity index (χ0) is 9.31. The fourth-order valence-corrected chi connectivity index (χ4v) is 2.70. The Hall–Kier alpha value is -0.570. The van der Waals surface area contributed by atoms with Gasteiger partial charge in [-0.25, -0.2) is 0 Å². The smallest absolute Gasteiger partial charge is 0.226 e. The molecule has 0 aromatic rings. The van der Waals surface area contributed by atoms with Gasteiger partial charge in [-0.15, -0.1) is 0 Å². The van der Waals surface area contributed by atoms with Gasteiger partial charge in [0, 0.05) is 6.42 Å². The molecular weight excluding hydrogens is 164 g/mol. The molecule has 2 aliphatic rings. The maximum absolute atomic E-state index is 11.4. The monoisotopic (exact) mass is 183 g/mol. The van der Waals surface area contributed by atoms with Crippen molar-refractivity contribution >= 4 is 5.91 Å². The van der Waals surface area contributed by atoms with E-state index >= 15 is 0 Å². The Morgan fingerprint density at radius 2 is 2.23 bits per heavy atom. The van der Waals surface area contributed by atoms with Crippen molar-refractivity contribution in [1.29, 1.82) is 0 Å². The number of hydrogen-bond acceptors (Lipinski definition) is 1. The zero-order valence-corrected chi connectivity index (χ0v) is 8.38. The van der Waals surface area contributed by atoms with E-state index in [2.05, 4.69) is 12.4 Å². The molecule has 1 N–H and O–H groups in total. The number of carbonyl (C=O) groups excluding carboxylic acids is 1. The number of nitrogens with one attached hydrogen (secondary N) is 1. The number of fused-ring (bicyclic) bond motifs is 1. The summed E-state index contributed by atoms with van der Waals surface area (Å²) in [4.78, 5) is 11.4. The number of amides is 1. The van der Waals surface area contributed by atoms with Crippen LogP contribution in [-0.2, 0) is 4.79 Å². The quantitative estimate of drug-likeness (QED) is 0.545. The minimum absolute atomic E-state index is 0.258. The standard InChI is InChI=1S/C10H18N2O/c1-12-6-3-2-4-9(12)8-10(13)11-5-7-12/h9H,2-8H2,1H3/p+1/t9-,12-/m0/s1. The molecular formula is C10H19N2O+. The first-order valence-corrected chi connectivity index (χ1v) is 5.32. The fraction of sp³-hybridized carbons (Fsp3) is 0.900. The van der Waals surface area contributed by atoms with Gasteiger partial charge in [0.05, 0.1) is 39.1 Å². The van der Waals surface area contributed by atoms with Crippen LogP contribution in [0.2, 0.25) is 0 Å². The highest BCUT2D eigenvalue weighted by atomic mass is 16.1. The van der Waals surface area contributed by atoms with Crippen molar-refractivity contribution in [3.63, 3.8) is 0 Å². The summed E-state index contributed by atoms with van der Waals surface area (Å²) in [7, 11) is 2.31. The number of piperidine rings is 1. The van der Waals surface area contributed by atoms with Crippen LogP contribution in [0.5, 0.6) is 0 Å². The molecule has 0 saturated carbocycles. The Kier molecular flexibility index (Phi) is 2.28. The minimum Gasteiger partial charge on any atom is -0.350 e. The van der Waals surface area contributed by atoms with Crippen molar-refractivity contribution in [2.75, 3.05) is 26.7 Å². The van der Waals surface area contributed by atoms with E-state index in [1.807, 2.05) is 0 Å². The van der Waals surface area contributed by atoms with Gasteiger partial charge in [-0.1, -0.05) is 0 Å². The summed E-state index contributed by atoms with van der Waals surface area (Å²) in [6, 6.07) is 0.594. The lowest BCUT2D eigenvalue weighted by molar-refractivity contribution is -0.935. The van der Waals surface area contributed by atoms with Crippen molar-refractivity contribution in [2.45, 2.75) is 31.7 Å². The number of rotatable bonds is 0. The zero-order valence-electron chi connectivity index (χ0n) is 8.38. The normalized spacial score (nSPS) is 40.4. The van der Waals surface area contributed by atoms with Crippen LogP contribution in [0, 0.1) is 0 Å². The van der Waals surface area contributed by atoms with E-state index < -0.39 is 0 Å². The van der Waals surface area contributed by atoms with Crippen LogP contribution in [0.4, 0.5) is 0 Å². The molecule has 2 fully saturated rings. The van der Waals surface area contributed by atoms with Gasteiger partial charge in [0.25, 0.3) is 0 Å². The Balaban J connectivity index is 2.13. The van der Waals surface area contributed by atoms with E-state index in [9.17, 15) is 4.79 Å². The highest BCUT2D eigenvalue weighted by Gasteiger charge is 2.38. The molecule has 13 heavy (non-hydrogen) atoms. The lowest BCUT2D eigenvalue weighted by Crippen LogP contribution is -2.55. The predicted molar refractivity (Wildman–Crippen MR) is 51.2 cm³/mol. The second kappa shape index (κ2) is 3.29. The molecule has 1 amide bonds. The molecule has 0 bridgehead atoms. The number of likely N-dealkylation sites (N-methyl/N-ethyl adjacent to an activating group) is 1. The van der Waals surface area contributed by atoms with Gasteiger partial charge in [0.15, 0.2) is 0 Å². The van der Waals surface area contributed by atoms with E-state index in [0.717, 1.165) is 24.0 Å². The maximum Gasteiger partial charge on any atom is 0.226 e. The van der Waals surface area contributed by atoms with Crippen molar-refractivity contribution in [2.24, 2.45) is 0 Å². The molecule has 2 atom stereocenters. The van der Waals surface area contributed by atoms with Crippen molar-refractivity contribution in [1.82, 2.24) is 5.32 Å². The van der Waals surface area contributed by atoms with Gasteiger partial charge in [-0.3, -0.25) is 4.79 Å². The molecule has 74 valence electrons. The molecule has 3 nitrogen and oxygen atoms in total. The highest BCUT2D eigenvalue weighted by Crippen LogP contribution is 2.26. The average Bonchev–Trinajstić information content (AvgIpc) is 2.23. The number of carbonyl (C=O) groups is 1. The molecule has 0 aromatic heterocycles. The summed E-state index contributed by atoms with van der Waals surface area (Å²) in [5.74, 6) is 0.258.